The fourth-order valence-electron chi connectivity index (χ4n) is 2.01. The molecule has 1 saturated heterocycles. The number of nitro benzene ring substituents is 2. The molecule has 0 aliphatic carbocycles. The third-order valence-corrected chi connectivity index (χ3v) is 3.05. The van der Waals surface area contributed by atoms with Gasteiger partial charge >= 0.3 is 5.69 Å². The van der Waals surface area contributed by atoms with E-state index in [0.717, 1.165) is 25.3 Å². The molecule has 0 aromatic heterocycles. The van der Waals surface area contributed by atoms with Crippen molar-refractivity contribution in [3.05, 3.63) is 38.4 Å². The fraction of sp³-hybridized carbons (Fsp3) is 0.500. The van der Waals surface area contributed by atoms with Gasteiger partial charge in [-0.25, -0.2) is 0 Å². The van der Waals surface area contributed by atoms with Gasteiger partial charge < -0.3 is 9.47 Å². The number of hydrogen-bond acceptors (Lipinski definition) is 6. The van der Waals surface area contributed by atoms with Gasteiger partial charge in [-0.15, -0.1) is 0 Å². The predicted molar refractivity (Wildman–Crippen MR) is 68.8 cm³/mol. The second-order valence-electron chi connectivity index (χ2n) is 4.47. The van der Waals surface area contributed by atoms with Crippen molar-refractivity contribution in [2.24, 2.45) is 0 Å². The zero-order chi connectivity index (χ0) is 14.5. The molecule has 0 amide bonds. The molecule has 1 heterocycles. The summed E-state index contributed by atoms with van der Waals surface area (Å²) < 4.78 is 10.8. The van der Waals surface area contributed by atoms with Gasteiger partial charge in [0.2, 0.25) is 0 Å². The molecule has 1 fully saturated rings. The molecule has 108 valence electrons. The second kappa shape index (κ2) is 6.29. The Balaban J connectivity index is 2.09. The molecule has 0 saturated carbocycles. The van der Waals surface area contributed by atoms with Crippen LogP contribution in [-0.4, -0.2) is 29.2 Å². The van der Waals surface area contributed by atoms with Crippen LogP contribution in [0.1, 0.15) is 19.3 Å². The standard InChI is InChI=1S/C12H14N2O6/c15-13(16)9-4-5-12(11(7-9)14(17)18)20-8-10-3-1-2-6-19-10/h4-5,7,10H,1-3,6,8H2. The van der Waals surface area contributed by atoms with Crippen LogP contribution in [0.15, 0.2) is 18.2 Å². The minimum Gasteiger partial charge on any atom is -0.484 e. The Morgan fingerprint density at radius 2 is 2.05 bits per heavy atom. The van der Waals surface area contributed by atoms with Crippen molar-refractivity contribution in [3.8, 4) is 5.75 Å². The van der Waals surface area contributed by atoms with Crippen molar-refractivity contribution in [1.29, 1.82) is 0 Å². The van der Waals surface area contributed by atoms with E-state index in [0.29, 0.717) is 6.61 Å². The molecule has 1 aliphatic rings. The first-order valence-corrected chi connectivity index (χ1v) is 6.25. The van der Waals surface area contributed by atoms with Gasteiger partial charge in [-0.2, -0.15) is 0 Å². The van der Waals surface area contributed by atoms with Crippen LogP contribution >= 0.6 is 0 Å². The summed E-state index contributed by atoms with van der Waals surface area (Å²) in [6.07, 6.45) is 2.81. The van der Waals surface area contributed by atoms with Crippen molar-refractivity contribution in [3.63, 3.8) is 0 Å². The van der Waals surface area contributed by atoms with Crippen LogP contribution in [0.3, 0.4) is 0 Å². The van der Waals surface area contributed by atoms with E-state index in [4.69, 9.17) is 9.47 Å². The van der Waals surface area contributed by atoms with Gasteiger partial charge in [-0.1, -0.05) is 0 Å². The highest BCUT2D eigenvalue weighted by Crippen LogP contribution is 2.31. The van der Waals surface area contributed by atoms with Gasteiger partial charge in [-0.3, -0.25) is 20.2 Å². The summed E-state index contributed by atoms with van der Waals surface area (Å²) in [5, 5.41) is 21.5. The third-order valence-electron chi connectivity index (χ3n) is 3.05. The summed E-state index contributed by atoms with van der Waals surface area (Å²) in [5.74, 6) is 0.0229. The van der Waals surface area contributed by atoms with Crippen LogP contribution in [0.5, 0.6) is 5.75 Å². The van der Waals surface area contributed by atoms with Gasteiger partial charge in [0.25, 0.3) is 5.69 Å². The Kier molecular flexibility index (Phi) is 4.46. The summed E-state index contributed by atoms with van der Waals surface area (Å²) in [6, 6.07) is 3.33. The Morgan fingerprint density at radius 3 is 2.65 bits per heavy atom. The van der Waals surface area contributed by atoms with Crippen molar-refractivity contribution >= 4 is 11.4 Å². The van der Waals surface area contributed by atoms with Crippen LogP contribution in [-0.2, 0) is 4.74 Å². The Morgan fingerprint density at radius 1 is 1.25 bits per heavy atom. The van der Waals surface area contributed by atoms with E-state index in [1.165, 1.54) is 12.1 Å². The highest BCUT2D eigenvalue weighted by Gasteiger charge is 2.22. The van der Waals surface area contributed by atoms with Gasteiger partial charge in [-0.05, 0) is 25.3 Å². The SMILES string of the molecule is O=[N+]([O-])c1ccc(OCC2CCCCO2)c([N+](=O)[O-])c1. The van der Waals surface area contributed by atoms with Crippen molar-refractivity contribution < 1.29 is 19.3 Å². The molecule has 1 aromatic rings. The fourth-order valence-corrected chi connectivity index (χ4v) is 2.01. The van der Waals surface area contributed by atoms with Crippen LogP contribution < -0.4 is 4.74 Å². The zero-order valence-electron chi connectivity index (χ0n) is 10.7. The summed E-state index contributed by atoms with van der Waals surface area (Å²) in [6.45, 7) is 0.870. The molecule has 0 radical (unpaired) electrons. The number of non-ortho nitro benzene ring substituents is 1. The number of benzene rings is 1. The van der Waals surface area contributed by atoms with Gasteiger partial charge in [0, 0.05) is 12.7 Å². The average Bonchev–Trinajstić information content (AvgIpc) is 2.45. The van der Waals surface area contributed by atoms with Crippen molar-refractivity contribution in [2.45, 2.75) is 25.4 Å². The van der Waals surface area contributed by atoms with Gasteiger partial charge in [0.05, 0.1) is 22.0 Å². The van der Waals surface area contributed by atoms with Crippen molar-refractivity contribution in [2.75, 3.05) is 13.2 Å². The number of nitro groups is 2. The lowest BCUT2D eigenvalue weighted by molar-refractivity contribution is -0.394. The van der Waals surface area contributed by atoms with Crippen molar-refractivity contribution in [1.82, 2.24) is 0 Å². The molecule has 0 spiro atoms. The summed E-state index contributed by atoms with van der Waals surface area (Å²) in [5.41, 5.74) is -0.743. The van der Waals surface area contributed by atoms with E-state index in [1.54, 1.807) is 0 Å². The predicted octanol–water partition coefficient (Wildman–Crippen LogP) is 2.45. The topological polar surface area (TPSA) is 105 Å². The second-order valence-corrected chi connectivity index (χ2v) is 4.47. The number of hydrogen-bond donors (Lipinski definition) is 0. The van der Waals surface area contributed by atoms with E-state index >= 15 is 0 Å². The first-order chi connectivity index (χ1) is 9.58. The van der Waals surface area contributed by atoms with Crippen LogP contribution in [0.2, 0.25) is 0 Å². The quantitative estimate of drug-likeness (QED) is 0.606. The van der Waals surface area contributed by atoms with E-state index in [1.807, 2.05) is 0 Å². The minimum atomic E-state index is -0.690. The smallest absolute Gasteiger partial charge is 0.317 e. The highest BCUT2D eigenvalue weighted by molar-refractivity contribution is 5.53. The Labute approximate surface area is 114 Å². The van der Waals surface area contributed by atoms with E-state index in [2.05, 4.69) is 0 Å². The maximum atomic E-state index is 10.9. The van der Waals surface area contributed by atoms with Gasteiger partial charge in [0.15, 0.2) is 5.75 Å². The van der Waals surface area contributed by atoms with Crippen LogP contribution in [0.25, 0.3) is 0 Å². The number of ether oxygens (including phenoxy) is 2. The average molecular weight is 282 g/mol. The molecule has 1 atom stereocenters. The van der Waals surface area contributed by atoms with E-state index in [9.17, 15) is 20.2 Å². The molecular weight excluding hydrogens is 268 g/mol. The molecule has 0 bridgehead atoms. The summed E-state index contributed by atoms with van der Waals surface area (Å²) >= 11 is 0. The normalized spacial score (nSPS) is 18.5. The molecule has 8 nitrogen and oxygen atoms in total. The molecule has 20 heavy (non-hydrogen) atoms. The van der Waals surface area contributed by atoms with Crippen LogP contribution in [0.4, 0.5) is 11.4 Å². The monoisotopic (exact) mass is 282 g/mol. The third kappa shape index (κ3) is 3.41. The maximum Gasteiger partial charge on any atom is 0.317 e. The molecule has 1 aromatic carbocycles. The molecule has 1 unspecified atom stereocenters. The maximum absolute atomic E-state index is 10.9. The lowest BCUT2D eigenvalue weighted by atomic mass is 10.1. The molecular formula is C12H14N2O6. The molecule has 2 rings (SSSR count). The van der Waals surface area contributed by atoms with E-state index < -0.39 is 15.5 Å². The molecule has 1 aliphatic heterocycles. The summed E-state index contributed by atoms with van der Waals surface area (Å²) in [7, 11) is 0. The molecule has 8 heteroatoms. The van der Waals surface area contributed by atoms with Crippen LogP contribution in [0, 0.1) is 20.2 Å². The largest absolute Gasteiger partial charge is 0.484 e. The first-order valence-electron chi connectivity index (χ1n) is 6.25. The van der Waals surface area contributed by atoms with E-state index in [-0.39, 0.29) is 24.1 Å². The first kappa shape index (κ1) is 14.2. The Hall–Kier alpha value is -2.22. The Bertz CT molecular complexity index is 513. The highest BCUT2D eigenvalue weighted by atomic mass is 16.6. The summed E-state index contributed by atoms with van der Waals surface area (Å²) in [4.78, 5) is 20.2. The number of rotatable bonds is 5. The lowest BCUT2D eigenvalue weighted by Crippen LogP contribution is -2.25. The number of nitrogens with zero attached hydrogens (tertiary/aromatic N) is 2. The molecule has 0 N–H and O–H groups in total. The minimum absolute atomic E-state index is 0.0229. The van der Waals surface area contributed by atoms with Gasteiger partial charge in [0.1, 0.15) is 6.61 Å². The zero-order valence-corrected chi connectivity index (χ0v) is 10.7. The lowest BCUT2D eigenvalue weighted by Gasteiger charge is -2.22.